The van der Waals surface area contributed by atoms with Crippen molar-refractivity contribution >= 4 is 56.3 Å². The number of aromatic hydroxyl groups is 1. The molecule has 1 amide bonds. The standard InChI is InChI=1S/C53H69N3O12/c1-27(2)56(12,13)23-15-16-24-64-36-20-21-37-39(26-36)67-50-43(54-37)40-41-46(59)34(9)49-42(40)51(61)53(11,68-49)65-25-22-38(63-14)33(8)48(66-35(10)57)32(7)30(5)31(6)45(58)28(3)18-17-19-29(4)52(62)55-44(50)47(41)60/h17-22,25-28,30-33,38,45,48,58H,15-16,23-24H2,1-14H3,(H-,54,55,59,60,61,62)/p+1/b18-17+,25-22+,29-19-/t28-,30+,31-,32+,33+,38-,45-,48-,53-/m0/s1. The van der Waals surface area contributed by atoms with Gasteiger partial charge in [-0.1, -0.05) is 52.8 Å². The zero-order chi connectivity index (χ0) is 50.2. The number of benzene rings is 3. The molecule has 4 bridgehead atoms. The first-order valence-corrected chi connectivity index (χ1v) is 23.6. The Hall–Kier alpha value is -5.77. The fourth-order valence-electron chi connectivity index (χ4n) is 9.16. The minimum Gasteiger partial charge on any atom is -0.505 e. The molecule has 0 aliphatic carbocycles. The van der Waals surface area contributed by atoms with Gasteiger partial charge in [0.05, 0.1) is 62.7 Å². The number of hydrogen-bond acceptors (Lipinski definition) is 13. The number of ether oxygens (including phenoxy) is 5. The highest BCUT2D eigenvalue weighted by Gasteiger charge is 2.49. The van der Waals surface area contributed by atoms with Crippen LogP contribution in [0.2, 0.25) is 0 Å². The number of Topliss-reactive ketones (excluding diaryl/α,β-unsaturated/α-hetero) is 1. The van der Waals surface area contributed by atoms with E-state index in [-0.39, 0.29) is 79.3 Å². The van der Waals surface area contributed by atoms with Crippen molar-refractivity contribution in [2.45, 2.75) is 119 Å². The van der Waals surface area contributed by atoms with Gasteiger partial charge in [0.1, 0.15) is 34.3 Å². The summed E-state index contributed by atoms with van der Waals surface area (Å²) in [6.07, 6.45) is 7.58. The average Bonchev–Trinajstić information content (AvgIpc) is 3.56. The Morgan fingerprint density at radius 1 is 0.985 bits per heavy atom. The highest BCUT2D eigenvalue weighted by molar-refractivity contribution is 6.26. The van der Waals surface area contributed by atoms with Gasteiger partial charge in [-0.25, -0.2) is 4.98 Å². The number of phenols is 1. The zero-order valence-corrected chi connectivity index (χ0v) is 42.0. The van der Waals surface area contributed by atoms with Gasteiger partial charge < -0.3 is 48.1 Å². The quantitative estimate of drug-likeness (QED) is 0.0360. The van der Waals surface area contributed by atoms with Gasteiger partial charge in [0, 0.05) is 55.4 Å². The van der Waals surface area contributed by atoms with Gasteiger partial charge in [0.25, 0.3) is 11.7 Å². The van der Waals surface area contributed by atoms with Gasteiger partial charge in [-0.2, -0.15) is 0 Å². The van der Waals surface area contributed by atoms with Crippen LogP contribution in [0.25, 0.3) is 33.0 Å². The summed E-state index contributed by atoms with van der Waals surface area (Å²) in [5.74, 6) is -5.40. The predicted molar refractivity (Wildman–Crippen MR) is 262 cm³/mol. The molecule has 3 N–H and O–H groups in total. The number of methoxy groups -OCH3 is 1. The molecular weight excluding hydrogens is 871 g/mol. The van der Waals surface area contributed by atoms with E-state index < -0.39 is 58.9 Å². The lowest BCUT2D eigenvalue weighted by atomic mass is 9.73. The van der Waals surface area contributed by atoms with Crippen LogP contribution in [0.4, 0.5) is 5.69 Å². The molecule has 15 nitrogen and oxygen atoms in total. The van der Waals surface area contributed by atoms with E-state index in [0.29, 0.717) is 23.9 Å². The third-order valence-corrected chi connectivity index (χ3v) is 14.7. The SMILES string of the molecule is CO[C@H]1/C=C/O[C@@]2(C)Oc3c(C)c(=O)c4c(O)c(c5oc6cc(OCCCC[N+](C)(C)C(C)C)ccc6nc5c4c3C2=O)NC(=O)/C(C)=C\C=C\[C@H](C)[C@H](O)[C@@H](C)[C@@H](C)[C@@H](C)[C@H](OC(C)=O)[C@@H]1C. The number of aliphatic hydroxyl groups excluding tert-OH is 1. The Bertz CT molecular complexity index is 2740. The summed E-state index contributed by atoms with van der Waals surface area (Å²) in [7, 11) is 5.93. The first kappa shape index (κ1) is 51.6. The van der Waals surface area contributed by atoms with E-state index in [1.807, 2.05) is 34.6 Å². The number of hydrogen-bond donors (Lipinski definition) is 3. The minimum atomic E-state index is -2.01. The summed E-state index contributed by atoms with van der Waals surface area (Å²) in [6, 6.07) is 5.61. The second kappa shape index (κ2) is 20.4. The Morgan fingerprint density at radius 2 is 1.69 bits per heavy atom. The lowest BCUT2D eigenvalue weighted by molar-refractivity contribution is -0.911. The fourth-order valence-corrected chi connectivity index (χ4v) is 9.16. The predicted octanol–water partition coefficient (Wildman–Crippen LogP) is 8.92. The number of aromatic nitrogens is 1. The molecule has 0 spiro atoms. The molecule has 9 atom stereocenters. The summed E-state index contributed by atoms with van der Waals surface area (Å²) >= 11 is 0. The highest BCUT2D eigenvalue weighted by Crippen LogP contribution is 2.48. The molecule has 3 aromatic carbocycles. The second-order valence-electron chi connectivity index (χ2n) is 19.9. The van der Waals surface area contributed by atoms with Crippen molar-refractivity contribution < 1.29 is 57.2 Å². The van der Waals surface area contributed by atoms with Crippen molar-refractivity contribution in [3.8, 4) is 17.2 Å². The maximum absolute atomic E-state index is 14.8. The molecule has 6 rings (SSSR count). The number of nitrogens with one attached hydrogen (secondary N) is 1. The van der Waals surface area contributed by atoms with Gasteiger partial charge in [0.15, 0.2) is 22.3 Å². The lowest BCUT2D eigenvalue weighted by Crippen LogP contribution is -2.46. The molecule has 3 heterocycles. The number of carbonyl (C=O) groups is 3. The number of carbonyl (C=O) groups excluding carboxylic acids is 3. The number of aliphatic hydroxyl groups is 1. The van der Waals surface area contributed by atoms with Gasteiger partial charge >= 0.3 is 11.8 Å². The molecule has 2 aliphatic heterocycles. The van der Waals surface area contributed by atoms with Crippen LogP contribution in [0.15, 0.2) is 63.6 Å². The fraction of sp³-hybridized carbons (Fsp3) is 0.528. The summed E-state index contributed by atoms with van der Waals surface area (Å²) in [4.78, 5) is 60.7. The van der Waals surface area contributed by atoms with Crippen LogP contribution in [0.5, 0.6) is 17.2 Å². The maximum atomic E-state index is 14.8. The van der Waals surface area contributed by atoms with Gasteiger partial charge in [-0.3, -0.25) is 19.2 Å². The van der Waals surface area contributed by atoms with Crippen LogP contribution in [0.3, 0.4) is 0 Å². The van der Waals surface area contributed by atoms with Crippen LogP contribution in [0, 0.1) is 36.5 Å². The lowest BCUT2D eigenvalue weighted by Gasteiger charge is -2.39. The van der Waals surface area contributed by atoms with Gasteiger partial charge in [-0.15, -0.1) is 0 Å². The first-order chi connectivity index (χ1) is 31.9. The van der Waals surface area contributed by atoms with E-state index in [1.165, 1.54) is 34.1 Å². The number of phenolic OH excluding ortho intramolecular Hbond substituents is 1. The largest absolute Gasteiger partial charge is 0.505 e. The molecule has 4 aromatic rings. The van der Waals surface area contributed by atoms with Gasteiger partial charge in [0.2, 0.25) is 0 Å². The molecule has 2 aliphatic rings. The summed E-state index contributed by atoms with van der Waals surface area (Å²) in [5, 5.41) is 26.2. The van der Waals surface area contributed by atoms with E-state index in [1.54, 1.807) is 49.4 Å². The molecule has 368 valence electrons. The number of unbranched alkanes of at least 4 members (excludes halogenated alkanes) is 1. The van der Waals surface area contributed by atoms with Gasteiger partial charge in [-0.05, 0) is 76.5 Å². The first-order valence-electron chi connectivity index (χ1n) is 23.6. The van der Waals surface area contributed by atoms with E-state index in [9.17, 15) is 29.4 Å². The van der Waals surface area contributed by atoms with Crippen molar-refractivity contribution in [2.24, 2.45) is 29.6 Å². The highest BCUT2D eigenvalue weighted by atomic mass is 16.7. The molecule has 0 saturated heterocycles. The van der Waals surface area contributed by atoms with Crippen molar-refractivity contribution in [1.82, 2.24) is 4.98 Å². The number of rotatable bonds is 9. The van der Waals surface area contributed by atoms with Crippen LogP contribution in [-0.2, 0) is 23.8 Å². The zero-order valence-electron chi connectivity index (χ0n) is 42.0. The number of quaternary nitrogens is 1. The van der Waals surface area contributed by atoms with E-state index in [2.05, 4.69) is 33.3 Å². The topological polar surface area (TPSA) is 193 Å². The number of amides is 1. The molecule has 0 saturated carbocycles. The second-order valence-corrected chi connectivity index (χ2v) is 19.9. The Labute approximate surface area is 398 Å². The van der Waals surface area contributed by atoms with Crippen molar-refractivity contribution in [2.75, 3.05) is 39.7 Å². The number of allylic oxidation sites excluding steroid dienone is 2. The molecular formula is C53H70N3O12+. The molecule has 0 unspecified atom stereocenters. The summed E-state index contributed by atoms with van der Waals surface area (Å²) in [6.45, 7) is 21.4. The normalized spacial score (nSPS) is 28.0. The number of anilines is 1. The molecule has 0 fully saturated rings. The van der Waals surface area contributed by atoms with Crippen molar-refractivity contribution in [3.05, 3.63) is 75.7 Å². The monoisotopic (exact) mass is 940 g/mol. The smallest absolute Gasteiger partial charge is 0.312 e. The Morgan fingerprint density at radius 3 is 2.35 bits per heavy atom. The number of fused-ring (bicyclic) bond motifs is 2. The Kier molecular flexibility index (Phi) is 15.5. The number of ketones is 1. The minimum absolute atomic E-state index is 0.00584. The molecule has 15 heteroatoms. The van der Waals surface area contributed by atoms with E-state index >= 15 is 0 Å². The molecule has 0 radical (unpaired) electrons. The van der Waals surface area contributed by atoms with Crippen molar-refractivity contribution in [1.29, 1.82) is 0 Å². The van der Waals surface area contributed by atoms with Crippen molar-refractivity contribution in [3.63, 3.8) is 0 Å². The number of nitrogens with zero attached hydrogens (tertiary/aromatic N) is 2. The number of esters is 1. The summed E-state index contributed by atoms with van der Waals surface area (Å²) in [5.41, 5.74) is -0.233. The molecule has 68 heavy (non-hydrogen) atoms. The van der Waals surface area contributed by atoms with E-state index in [4.69, 9.17) is 33.1 Å². The summed E-state index contributed by atoms with van der Waals surface area (Å²) < 4.78 is 37.8. The van der Waals surface area contributed by atoms with E-state index in [0.717, 1.165) is 23.9 Å². The maximum Gasteiger partial charge on any atom is 0.312 e. The average molecular weight is 941 g/mol. The van der Waals surface area contributed by atoms with Crippen LogP contribution in [0.1, 0.15) is 98.0 Å². The third-order valence-electron chi connectivity index (χ3n) is 14.7. The Balaban J connectivity index is 1.52. The van der Waals surface area contributed by atoms with Crippen LogP contribution in [-0.4, -0.2) is 102 Å². The van der Waals surface area contributed by atoms with Crippen LogP contribution >= 0.6 is 0 Å². The van der Waals surface area contributed by atoms with Crippen LogP contribution < -0.4 is 20.2 Å². The third kappa shape index (κ3) is 10.2. The molecule has 1 aromatic heterocycles.